The number of fused-ring (bicyclic) bond motifs is 1. The van der Waals surface area contributed by atoms with Gasteiger partial charge >= 0.3 is 11.9 Å². The highest BCUT2D eigenvalue weighted by Crippen LogP contribution is 2.15. The van der Waals surface area contributed by atoms with Gasteiger partial charge in [0.25, 0.3) is 0 Å². The van der Waals surface area contributed by atoms with Crippen LogP contribution in [0, 0.1) is 0 Å². The van der Waals surface area contributed by atoms with Gasteiger partial charge in [0.05, 0.1) is 25.2 Å². The maximum Gasteiger partial charge on any atom is 0.355 e. The maximum atomic E-state index is 12.4. The van der Waals surface area contributed by atoms with E-state index in [-0.39, 0.29) is 42.8 Å². The van der Waals surface area contributed by atoms with Gasteiger partial charge in [-0.25, -0.2) is 4.79 Å². The number of carbonyl (C=O) groups is 2. The van der Waals surface area contributed by atoms with Crippen molar-refractivity contribution in [2.75, 3.05) is 13.2 Å². The standard InChI is InChI=1S/C18H19NO7/c1-3-25-17(23)7-8-19-12-5-6-14(20)16(22)9-11(12)15(21)10-13(19)18(24)26-4-2/h5-6,9-10H,3-4,7-8H2,1-2H3,(H,20,22). The Labute approximate surface area is 148 Å². The number of nitrogens with zero attached hydrogens (tertiary/aromatic N) is 1. The van der Waals surface area contributed by atoms with Crippen LogP contribution in [0.25, 0.3) is 10.9 Å². The van der Waals surface area contributed by atoms with E-state index in [0.717, 1.165) is 18.2 Å². The van der Waals surface area contributed by atoms with Gasteiger partial charge in [-0.3, -0.25) is 14.4 Å². The Kier molecular flexibility index (Phi) is 6.11. The van der Waals surface area contributed by atoms with Crippen molar-refractivity contribution in [1.29, 1.82) is 0 Å². The summed E-state index contributed by atoms with van der Waals surface area (Å²) in [5.41, 5.74) is -1.12. The van der Waals surface area contributed by atoms with Gasteiger partial charge in [0.2, 0.25) is 5.43 Å². The minimum atomic E-state index is -0.728. The fourth-order valence-electron chi connectivity index (χ4n) is 2.50. The topological polar surface area (TPSA) is 112 Å². The van der Waals surface area contributed by atoms with Crippen molar-refractivity contribution in [3.63, 3.8) is 0 Å². The van der Waals surface area contributed by atoms with Crippen LogP contribution in [0.1, 0.15) is 30.8 Å². The number of esters is 2. The quantitative estimate of drug-likeness (QED) is 0.769. The van der Waals surface area contributed by atoms with E-state index in [9.17, 15) is 24.3 Å². The molecule has 138 valence electrons. The number of aromatic hydroxyl groups is 1. The smallest absolute Gasteiger partial charge is 0.355 e. The summed E-state index contributed by atoms with van der Waals surface area (Å²) in [7, 11) is 0. The number of pyridine rings is 1. The number of hydrogen-bond acceptors (Lipinski definition) is 7. The average molecular weight is 361 g/mol. The van der Waals surface area contributed by atoms with Gasteiger partial charge in [0.1, 0.15) is 5.69 Å². The van der Waals surface area contributed by atoms with Crippen molar-refractivity contribution in [2.24, 2.45) is 0 Å². The summed E-state index contributed by atoms with van der Waals surface area (Å²) < 4.78 is 11.3. The second-order valence-electron chi connectivity index (χ2n) is 5.35. The number of aromatic nitrogens is 1. The second kappa shape index (κ2) is 8.28. The summed E-state index contributed by atoms with van der Waals surface area (Å²) in [5.74, 6) is -1.73. The SMILES string of the molecule is CCOC(=O)CCn1c(C(=O)OCC)cc(=O)c2cc(=O)c(O)ccc21. The van der Waals surface area contributed by atoms with Crippen LogP contribution in [-0.2, 0) is 20.8 Å². The molecular formula is C18H19NO7. The van der Waals surface area contributed by atoms with Gasteiger partial charge in [-0.1, -0.05) is 0 Å². The molecule has 0 bridgehead atoms. The number of carbonyl (C=O) groups excluding carboxylic acids is 2. The third-order valence-corrected chi connectivity index (χ3v) is 3.65. The molecule has 0 spiro atoms. The first kappa shape index (κ1) is 19.2. The summed E-state index contributed by atoms with van der Waals surface area (Å²) in [6, 6.07) is 4.55. The molecular weight excluding hydrogens is 342 g/mol. The monoisotopic (exact) mass is 361 g/mol. The molecule has 0 fully saturated rings. The molecule has 1 aromatic heterocycles. The van der Waals surface area contributed by atoms with E-state index >= 15 is 0 Å². The highest BCUT2D eigenvalue weighted by atomic mass is 16.5. The van der Waals surface area contributed by atoms with E-state index in [1.807, 2.05) is 0 Å². The summed E-state index contributed by atoms with van der Waals surface area (Å²) in [6.45, 7) is 3.66. The molecule has 0 saturated carbocycles. The van der Waals surface area contributed by atoms with E-state index in [1.165, 1.54) is 10.6 Å². The minimum absolute atomic E-state index is 0.0206. The van der Waals surface area contributed by atoms with Gasteiger partial charge in [0.15, 0.2) is 11.2 Å². The first-order valence-electron chi connectivity index (χ1n) is 8.12. The highest BCUT2D eigenvalue weighted by molar-refractivity contribution is 5.91. The summed E-state index contributed by atoms with van der Waals surface area (Å²) in [4.78, 5) is 48.1. The van der Waals surface area contributed by atoms with Crippen LogP contribution in [0.15, 0.2) is 33.9 Å². The van der Waals surface area contributed by atoms with Gasteiger partial charge in [-0.15, -0.1) is 0 Å². The average Bonchev–Trinajstić information content (AvgIpc) is 2.74. The van der Waals surface area contributed by atoms with Crippen LogP contribution in [0.5, 0.6) is 5.75 Å². The van der Waals surface area contributed by atoms with Crippen LogP contribution in [0.3, 0.4) is 0 Å². The molecule has 0 amide bonds. The molecule has 0 aliphatic heterocycles. The van der Waals surface area contributed by atoms with E-state index in [2.05, 4.69) is 0 Å². The lowest BCUT2D eigenvalue weighted by Gasteiger charge is -2.14. The van der Waals surface area contributed by atoms with Gasteiger partial charge in [0, 0.05) is 24.1 Å². The fraction of sp³-hybridized carbons (Fsp3) is 0.333. The van der Waals surface area contributed by atoms with Crippen molar-refractivity contribution < 1.29 is 24.2 Å². The molecule has 8 nitrogen and oxygen atoms in total. The highest BCUT2D eigenvalue weighted by Gasteiger charge is 2.17. The molecule has 0 aliphatic carbocycles. The molecule has 0 aliphatic rings. The Morgan fingerprint density at radius 1 is 1.04 bits per heavy atom. The van der Waals surface area contributed by atoms with Gasteiger partial charge in [-0.05, 0) is 26.0 Å². The van der Waals surface area contributed by atoms with Crippen molar-refractivity contribution in [2.45, 2.75) is 26.8 Å². The van der Waals surface area contributed by atoms with E-state index in [4.69, 9.17) is 9.47 Å². The predicted molar refractivity (Wildman–Crippen MR) is 93.3 cm³/mol. The third kappa shape index (κ3) is 4.08. The zero-order valence-electron chi connectivity index (χ0n) is 14.5. The van der Waals surface area contributed by atoms with Gasteiger partial charge in [-0.2, -0.15) is 0 Å². The van der Waals surface area contributed by atoms with Crippen molar-refractivity contribution >= 4 is 22.8 Å². The predicted octanol–water partition coefficient (Wildman–Crippen LogP) is 1.20. The third-order valence-electron chi connectivity index (χ3n) is 3.65. The molecule has 2 aromatic rings. The van der Waals surface area contributed by atoms with Crippen molar-refractivity contribution in [3.8, 4) is 5.75 Å². The molecule has 1 aromatic carbocycles. The first-order chi connectivity index (χ1) is 12.4. The Morgan fingerprint density at radius 2 is 1.73 bits per heavy atom. The van der Waals surface area contributed by atoms with Crippen LogP contribution >= 0.6 is 0 Å². The molecule has 1 N–H and O–H groups in total. The van der Waals surface area contributed by atoms with Crippen LogP contribution in [-0.4, -0.2) is 34.8 Å². The van der Waals surface area contributed by atoms with E-state index in [0.29, 0.717) is 0 Å². The molecule has 0 unspecified atom stereocenters. The Balaban J connectivity index is 2.71. The zero-order chi connectivity index (χ0) is 19.3. The molecule has 26 heavy (non-hydrogen) atoms. The summed E-state index contributed by atoms with van der Waals surface area (Å²) in [6.07, 6.45) is -0.0486. The van der Waals surface area contributed by atoms with Crippen molar-refractivity contribution in [1.82, 2.24) is 4.57 Å². The first-order valence-corrected chi connectivity index (χ1v) is 8.12. The lowest BCUT2D eigenvalue weighted by Crippen LogP contribution is -2.21. The Hall–Kier alpha value is -3.16. The number of ether oxygens (including phenoxy) is 2. The zero-order valence-corrected chi connectivity index (χ0v) is 14.5. The molecule has 1 heterocycles. The summed E-state index contributed by atoms with van der Waals surface area (Å²) >= 11 is 0. The Morgan fingerprint density at radius 3 is 2.38 bits per heavy atom. The van der Waals surface area contributed by atoms with Crippen LogP contribution in [0.2, 0.25) is 0 Å². The number of hydrogen-bond donors (Lipinski definition) is 1. The lowest BCUT2D eigenvalue weighted by atomic mass is 10.2. The maximum absolute atomic E-state index is 12.4. The fourth-order valence-corrected chi connectivity index (χ4v) is 2.50. The van der Waals surface area contributed by atoms with Crippen molar-refractivity contribution in [3.05, 3.63) is 50.4 Å². The number of aryl methyl sites for hydroxylation is 1. The van der Waals surface area contributed by atoms with Crippen LogP contribution < -0.4 is 10.9 Å². The molecule has 0 radical (unpaired) electrons. The molecule has 2 rings (SSSR count). The molecule has 0 atom stereocenters. The van der Waals surface area contributed by atoms with E-state index in [1.54, 1.807) is 13.8 Å². The molecule has 0 saturated heterocycles. The second-order valence-corrected chi connectivity index (χ2v) is 5.35. The van der Waals surface area contributed by atoms with E-state index < -0.39 is 28.5 Å². The summed E-state index contributed by atoms with van der Waals surface area (Å²) in [5, 5.41) is 9.66. The van der Waals surface area contributed by atoms with Gasteiger partial charge < -0.3 is 19.1 Å². The largest absolute Gasteiger partial charge is 0.504 e. The lowest BCUT2D eigenvalue weighted by molar-refractivity contribution is -0.143. The normalized spacial score (nSPS) is 10.5. The van der Waals surface area contributed by atoms with Crippen LogP contribution in [0.4, 0.5) is 0 Å². The minimum Gasteiger partial charge on any atom is -0.504 e. The Bertz CT molecular complexity index is 962. The number of rotatable bonds is 6. The molecule has 8 heteroatoms.